The van der Waals surface area contributed by atoms with Crippen LogP contribution < -0.4 is 0 Å². The second-order valence-electron chi connectivity index (χ2n) is 5.34. The van der Waals surface area contributed by atoms with Gasteiger partial charge in [-0.25, -0.2) is 13.9 Å². The van der Waals surface area contributed by atoms with Crippen molar-refractivity contribution >= 4 is 17.3 Å². The Morgan fingerprint density at radius 1 is 1.00 bits per heavy atom. The third-order valence-electron chi connectivity index (χ3n) is 3.75. The average molecular weight is 335 g/mol. The quantitative estimate of drug-likeness (QED) is 0.501. The van der Waals surface area contributed by atoms with Gasteiger partial charge in [-0.3, -0.25) is 0 Å². The second kappa shape index (κ2) is 6.45. The Balaban J connectivity index is 1.66. The highest BCUT2D eigenvalue weighted by atomic mass is 32.2. The molecule has 0 aliphatic heterocycles. The van der Waals surface area contributed by atoms with Gasteiger partial charge in [0.2, 0.25) is 0 Å². The van der Waals surface area contributed by atoms with Gasteiger partial charge in [-0.15, -0.1) is 0 Å². The number of hydrogen-bond acceptors (Lipinski definition) is 3. The number of benzene rings is 2. The molecule has 0 unspecified atom stereocenters. The highest BCUT2D eigenvalue weighted by Crippen LogP contribution is 2.28. The van der Waals surface area contributed by atoms with Crippen LogP contribution in [0.15, 0.2) is 78.1 Å². The topological polar surface area (TPSA) is 30.2 Å². The van der Waals surface area contributed by atoms with Gasteiger partial charge >= 0.3 is 0 Å². The zero-order chi connectivity index (χ0) is 16.4. The number of thioether (sulfide) groups is 1. The van der Waals surface area contributed by atoms with Gasteiger partial charge in [0.05, 0.1) is 11.2 Å². The van der Waals surface area contributed by atoms with Crippen LogP contribution in [-0.4, -0.2) is 14.6 Å². The van der Waals surface area contributed by atoms with E-state index in [1.165, 1.54) is 17.8 Å². The van der Waals surface area contributed by atoms with Crippen LogP contribution in [0.5, 0.6) is 0 Å². The van der Waals surface area contributed by atoms with Crippen molar-refractivity contribution in [1.29, 1.82) is 0 Å². The fourth-order valence-electron chi connectivity index (χ4n) is 2.52. The van der Waals surface area contributed by atoms with E-state index in [1.807, 2.05) is 53.2 Å². The van der Waals surface area contributed by atoms with Gasteiger partial charge in [0.1, 0.15) is 10.8 Å². The summed E-state index contributed by atoms with van der Waals surface area (Å²) in [6, 6.07) is 18.9. The highest BCUT2D eigenvalue weighted by Gasteiger charge is 2.10. The summed E-state index contributed by atoms with van der Waals surface area (Å²) in [5, 5.41) is 5.45. The molecule has 118 valence electrons. The molecule has 24 heavy (non-hydrogen) atoms. The number of aromatic nitrogens is 3. The molecule has 0 aliphatic rings. The summed E-state index contributed by atoms with van der Waals surface area (Å²) < 4.78 is 15.6. The van der Waals surface area contributed by atoms with Crippen LogP contribution in [0.2, 0.25) is 0 Å². The molecule has 0 saturated carbocycles. The van der Waals surface area contributed by atoms with Crippen molar-refractivity contribution in [3.63, 3.8) is 0 Å². The van der Waals surface area contributed by atoms with Gasteiger partial charge in [0.15, 0.2) is 0 Å². The maximum absolute atomic E-state index is 13.8. The lowest BCUT2D eigenvalue weighted by atomic mass is 10.1. The fraction of sp³-hybridized carbons (Fsp3) is 0.0526. The van der Waals surface area contributed by atoms with Gasteiger partial charge in [-0.05, 0) is 17.7 Å². The molecule has 2 aromatic carbocycles. The minimum absolute atomic E-state index is 0.185. The van der Waals surface area contributed by atoms with E-state index < -0.39 is 0 Å². The van der Waals surface area contributed by atoms with E-state index in [0.717, 1.165) is 21.8 Å². The molecule has 4 aromatic rings. The number of halogens is 1. The van der Waals surface area contributed by atoms with Crippen LogP contribution in [0.1, 0.15) is 5.56 Å². The van der Waals surface area contributed by atoms with Crippen molar-refractivity contribution in [3.05, 3.63) is 84.4 Å². The van der Waals surface area contributed by atoms with Crippen molar-refractivity contribution in [2.45, 2.75) is 10.8 Å². The third kappa shape index (κ3) is 2.90. The van der Waals surface area contributed by atoms with E-state index in [4.69, 9.17) is 0 Å². The van der Waals surface area contributed by atoms with Crippen molar-refractivity contribution in [3.8, 4) is 11.3 Å². The Morgan fingerprint density at radius 2 is 1.79 bits per heavy atom. The number of rotatable bonds is 4. The first-order valence-corrected chi connectivity index (χ1v) is 8.56. The van der Waals surface area contributed by atoms with Gasteiger partial charge < -0.3 is 0 Å². The van der Waals surface area contributed by atoms with Crippen LogP contribution in [-0.2, 0) is 5.75 Å². The summed E-state index contributed by atoms with van der Waals surface area (Å²) in [5.74, 6) is 0.348. The Kier molecular flexibility index (Phi) is 4.01. The molecule has 0 fully saturated rings. The number of fused-ring (bicyclic) bond motifs is 1. The minimum Gasteiger partial charge on any atom is -0.246 e. The molecular formula is C19H14FN3S. The zero-order valence-electron chi connectivity index (χ0n) is 12.8. The zero-order valence-corrected chi connectivity index (χ0v) is 13.6. The maximum Gasteiger partial charge on any atom is 0.127 e. The van der Waals surface area contributed by atoms with E-state index in [0.29, 0.717) is 11.3 Å². The molecule has 5 heteroatoms. The molecule has 4 rings (SSSR count). The normalized spacial score (nSPS) is 11.0. The summed E-state index contributed by atoms with van der Waals surface area (Å²) >= 11 is 1.51. The molecule has 0 spiro atoms. The van der Waals surface area contributed by atoms with Crippen LogP contribution in [0.25, 0.3) is 16.8 Å². The van der Waals surface area contributed by atoms with Gasteiger partial charge in [0.25, 0.3) is 0 Å². The van der Waals surface area contributed by atoms with E-state index in [2.05, 4.69) is 10.1 Å². The Bertz CT molecular complexity index is 982. The van der Waals surface area contributed by atoms with E-state index in [-0.39, 0.29) is 5.82 Å². The lowest BCUT2D eigenvalue weighted by Crippen LogP contribution is -1.92. The average Bonchev–Trinajstić information content (AvgIpc) is 3.07. The smallest absolute Gasteiger partial charge is 0.127 e. The summed E-state index contributed by atoms with van der Waals surface area (Å²) in [6.07, 6.45) is 3.55. The second-order valence-corrected chi connectivity index (χ2v) is 6.30. The predicted molar refractivity (Wildman–Crippen MR) is 94.4 cm³/mol. The van der Waals surface area contributed by atoms with Gasteiger partial charge in [0, 0.05) is 23.7 Å². The Labute approximate surface area is 143 Å². The predicted octanol–water partition coefficient (Wildman–Crippen LogP) is 4.83. The van der Waals surface area contributed by atoms with E-state index in [1.54, 1.807) is 18.3 Å². The van der Waals surface area contributed by atoms with E-state index in [9.17, 15) is 4.39 Å². The first-order chi connectivity index (χ1) is 11.8. The van der Waals surface area contributed by atoms with Crippen molar-refractivity contribution in [2.75, 3.05) is 0 Å². The molecule has 0 bridgehead atoms. The Morgan fingerprint density at radius 3 is 2.62 bits per heavy atom. The first kappa shape index (κ1) is 14.9. The first-order valence-electron chi connectivity index (χ1n) is 7.57. The number of hydrogen-bond donors (Lipinski definition) is 0. The molecule has 0 saturated heterocycles. The highest BCUT2D eigenvalue weighted by molar-refractivity contribution is 7.98. The fourth-order valence-corrected chi connectivity index (χ4v) is 3.48. The van der Waals surface area contributed by atoms with Crippen molar-refractivity contribution < 1.29 is 4.39 Å². The van der Waals surface area contributed by atoms with Gasteiger partial charge in [-0.2, -0.15) is 5.10 Å². The minimum atomic E-state index is -0.185. The lowest BCUT2D eigenvalue weighted by molar-refractivity contribution is 0.617. The standard InChI is InChI=1S/C19H14FN3S/c20-16-9-5-4-8-15(16)13-24-19-18-12-17(14-6-2-1-3-7-14)22-23(18)11-10-21-19/h1-12H,13H2. The van der Waals surface area contributed by atoms with Crippen LogP contribution in [0.3, 0.4) is 0 Å². The molecular weight excluding hydrogens is 321 g/mol. The summed E-state index contributed by atoms with van der Waals surface area (Å²) in [7, 11) is 0. The third-order valence-corrected chi connectivity index (χ3v) is 4.79. The molecule has 2 aromatic heterocycles. The molecule has 0 N–H and O–H groups in total. The monoisotopic (exact) mass is 335 g/mol. The lowest BCUT2D eigenvalue weighted by Gasteiger charge is -2.04. The number of nitrogens with zero attached hydrogens (tertiary/aromatic N) is 3. The summed E-state index contributed by atoms with van der Waals surface area (Å²) in [6.45, 7) is 0. The van der Waals surface area contributed by atoms with Crippen LogP contribution >= 0.6 is 11.8 Å². The molecule has 0 amide bonds. The largest absolute Gasteiger partial charge is 0.246 e. The van der Waals surface area contributed by atoms with Crippen molar-refractivity contribution in [2.24, 2.45) is 0 Å². The molecule has 0 atom stereocenters. The summed E-state index contributed by atoms with van der Waals surface area (Å²) in [4.78, 5) is 4.44. The van der Waals surface area contributed by atoms with Crippen LogP contribution in [0, 0.1) is 5.82 Å². The SMILES string of the molecule is Fc1ccccc1CSc1nccn2nc(-c3ccccc3)cc12. The Hall–Kier alpha value is -2.66. The van der Waals surface area contributed by atoms with Crippen molar-refractivity contribution in [1.82, 2.24) is 14.6 Å². The van der Waals surface area contributed by atoms with Crippen LogP contribution in [0.4, 0.5) is 4.39 Å². The molecule has 0 radical (unpaired) electrons. The summed E-state index contributed by atoms with van der Waals surface area (Å²) in [5.41, 5.74) is 3.56. The van der Waals surface area contributed by atoms with Gasteiger partial charge in [-0.1, -0.05) is 60.3 Å². The molecule has 3 nitrogen and oxygen atoms in total. The molecule has 2 heterocycles. The van der Waals surface area contributed by atoms with E-state index >= 15 is 0 Å². The maximum atomic E-state index is 13.8. The molecule has 0 aliphatic carbocycles.